The molecule has 1 aromatic heterocycles. The first-order valence-corrected chi connectivity index (χ1v) is 8.63. The number of aryl methyl sites for hydroxylation is 2. The van der Waals surface area contributed by atoms with Gasteiger partial charge in [-0.1, -0.05) is 6.07 Å². The number of hydrogen-bond donors (Lipinski definition) is 2. The summed E-state index contributed by atoms with van der Waals surface area (Å²) in [4.78, 5) is 28.0. The lowest BCUT2D eigenvalue weighted by Crippen LogP contribution is -2.12. The Kier molecular flexibility index (Phi) is 5.31. The number of carbonyl (C=O) groups is 2. The molecule has 5 heteroatoms. The average molecular weight is 359 g/mol. The van der Waals surface area contributed by atoms with E-state index in [1.807, 2.05) is 38.1 Å². The minimum absolute atomic E-state index is 0.0215. The maximum absolute atomic E-state index is 12.5. The van der Waals surface area contributed by atoms with Crippen LogP contribution in [0.25, 0.3) is 0 Å². The smallest absolute Gasteiger partial charge is 0.257 e. The molecule has 0 aliphatic heterocycles. The molecule has 27 heavy (non-hydrogen) atoms. The van der Waals surface area contributed by atoms with Gasteiger partial charge in [-0.25, -0.2) is 0 Å². The number of carbonyl (C=O) groups excluding carboxylic acids is 2. The number of nitrogens with one attached hydrogen (secondary N) is 2. The second-order valence-electron chi connectivity index (χ2n) is 6.55. The summed E-state index contributed by atoms with van der Waals surface area (Å²) in [6.07, 6.45) is 3.18. The van der Waals surface area contributed by atoms with E-state index >= 15 is 0 Å². The highest BCUT2D eigenvalue weighted by molar-refractivity contribution is 6.04. The van der Waals surface area contributed by atoms with Crippen LogP contribution in [0.3, 0.4) is 0 Å². The molecule has 2 aromatic carbocycles. The number of nitrogens with zero attached hydrogens (tertiary/aromatic N) is 1. The third kappa shape index (κ3) is 4.79. The van der Waals surface area contributed by atoms with Crippen molar-refractivity contribution < 1.29 is 9.59 Å². The van der Waals surface area contributed by atoms with Crippen LogP contribution in [0.1, 0.15) is 38.8 Å². The summed E-state index contributed by atoms with van der Waals surface area (Å²) in [6, 6.07) is 14.8. The lowest BCUT2D eigenvalue weighted by atomic mass is 10.1. The molecule has 0 aliphatic carbocycles. The maximum atomic E-state index is 12.5. The number of benzene rings is 2. The number of anilines is 3. The van der Waals surface area contributed by atoms with E-state index in [9.17, 15) is 9.59 Å². The zero-order valence-electron chi connectivity index (χ0n) is 15.5. The average Bonchev–Trinajstić information content (AvgIpc) is 2.61. The lowest BCUT2D eigenvalue weighted by molar-refractivity contribution is 0.101. The minimum atomic E-state index is -0.219. The van der Waals surface area contributed by atoms with Gasteiger partial charge in [-0.2, -0.15) is 0 Å². The molecule has 1 amide bonds. The number of pyridine rings is 1. The van der Waals surface area contributed by atoms with Crippen molar-refractivity contribution in [2.24, 2.45) is 0 Å². The van der Waals surface area contributed by atoms with E-state index < -0.39 is 0 Å². The number of rotatable bonds is 5. The Morgan fingerprint density at radius 3 is 2.07 bits per heavy atom. The molecule has 0 atom stereocenters. The Hall–Kier alpha value is -3.47. The van der Waals surface area contributed by atoms with E-state index in [4.69, 9.17) is 0 Å². The highest BCUT2D eigenvalue weighted by atomic mass is 16.1. The number of Topliss-reactive ketones (excluding diaryl/α,β-unsaturated/α-hetero) is 1. The first-order chi connectivity index (χ1) is 12.9. The fourth-order valence-electron chi connectivity index (χ4n) is 2.84. The Labute approximate surface area is 158 Å². The zero-order valence-corrected chi connectivity index (χ0v) is 15.5. The van der Waals surface area contributed by atoms with Crippen LogP contribution in [-0.2, 0) is 0 Å². The number of aromatic nitrogens is 1. The van der Waals surface area contributed by atoms with Crippen LogP contribution in [0.4, 0.5) is 17.1 Å². The molecule has 0 bridgehead atoms. The first-order valence-electron chi connectivity index (χ1n) is 8.63. The second-order valence-corrected chi connectivity index (χ2v) is 6.55. The van der Waals surface area contributed by atoms with Gasteiger partial charge in [-0.15, -0.1) is 0 Å². The van der Waals surface area contributed by atoms with Gasteiger partial charge in [0.15, 0.2) is 5.78 Å². The van der Waals surface area contributed by atoms with Crippen molar-refractivity contribution in [2.75, 3.05) is 10.6 Å². The maximum Gasteiger partial charge on any atom is 0.257 e. The van der Waals surface area contributed by atoms with Crippen LogP contribution in [0, 0.1) is 13.8 Å². The molecule has 0 unspecified atom stereocenters. The normalized spacial score (nSPS) is 10.3. The molecule has 3 rings (SSSR count). The van der Waals surface area contributed by atoms with Gasteiger partial charge >= 0.3 is 0 Å². The molecule has 5 nitrogen and oxygen atoms in total. The second kappa shape index (κ2) is 7.83. The third-order valence-electron chi connectivity index (χ3n) is 4.06. The molecular weight excluding hydrogens is 338 g/mol. The number of ketones is 1. The Bertz CT molecular complexity index is 974. The quantitative estimate of drug-likeness (QED) is 0.636. The van der Waals surface area contributed by atoms with Gasteiger partial charge in [0.25, 0.3) is 5.91 Å². The Morgan fingerprint density at radius 1 is 0.778 bits per heavy atom. The van der Waals surface area contributed by atoms with Gasteiger partial charge < -0.3 is 10.6 Å². The van der Waals surface area contributed by atoms with Gasteiger partial charge in [0, 0.05) is 23.1 Å². The lowest BCUT2D eigenvalue weighted by Gasteiger charge is -2.10. The molecule has 0 spiro atoms. The summed E-state index contributed by atoms with van der Waals surface area (Å²) in [5, 5.41) is 6.10. The van der Waals surface area contributed by atoms with Crippen molar-refractivity contribution in [1.82, 2.24) is 4.98 Å². The predicted molar refractivity (Wildman–Crippen MR) is 108 cm³/mol. The molecule has 3 aromatic rings. The monoisotopic (exact) mass is 359 g/mol. The van der Waals surface area contributed by atoms with Crippen molar-refractivity contribution >= 4 is 28.8 Å². The van der Waals surface area contributed by atoms with Gasteiger partial charge in [-0.05, 0) is 74.4 Å². The van der Waals surface area contributed by atoms with Crippen molar-refractivity contribution in [3.63, 3.8) is 0 Å². The minimum Gasteiger partial charge on any atom is -0.354 e. The summed E-state index contributed by atoms with van der Waals surface area (Å²) in [5.74, 6) is -0.198. The van der Waals surface area contributed by atoms with Crippen LogP contribution in [0.2, 0.25) is 0 Å². The van der Waals surface area contributed by atoms with Gasteiger partial charge in [0.2, 0.25) is 0 Å². The van der Waals surface area contributed by atoms with E-state index in [0.717, 1.165) is 22.5 Å². The summed E-state index contributed by atoms with van der Waals surface area (Å²) in [7, 11) is 0. The van der Waals surface area contributed by atoms with Crippen LogP contribution in [-0.4, -0.2) is 16.7 Å². The largest absolute Gasteiger partial charge is 0.354 e. The molecule has 0 radical (unpaired) electrons. The molecule has 0 saturated heterocycles. The number of amides is 1. The van der Waals surface area contributed by atoms with E-state index in [0.29, 0.717) is 16.8 Å². The Morgan fingerprint density at radius 2 is 1.44 bits per heavy atom. The van der Waals surface area contributed by atoms with E-state index in [-0.39, 0.29) is 11.7 Å². The molecular formula is C22H21N3O2. The molecule has 0 aliphatic rings. The van der Waals surface area contributed by atoms with E-state index in [1.54, 1.807) is 24.4 Å². The predicted octanol–water partition coefficient (Wildman–Crippen LogP) is 4.90. The van der Waals surface area contributed by atoms with E-state index in [1.165, 1.54) is 13.1 Å². The molecule has 2 N–H and O–H groups in total. The number of hydrogen-bond acceptors (Lipinski definition) is 4. The standard InChI is InChI=1S/C22H21N3O2/c1-14-8-15(2)10-20(9-14)25-22(27)18-11-21(13-23-12-18)24-19-6-4-17(5-7-19)16(3)26/h4-13,24H,1-3H3,(H,25,27). The zero-order chi connectivity index (χ0) is 19.4. The molecule has 0 saturated carbocycles. The van der Waals surface area contributed by atoms with Gasteiger partial charge in [-0.3, -0.25) is 14.6 Å². The van der Waals surface area contributed by atoms with Crippen LogP contribution in [0.15, 0.2) is 60.9 Å². The molecule has 136 valence electrons. The van der Waals surface area contributed by atoms with E-state index in [2.05, 4.69) is 21.7 Å². The molecule has 1 heterocycles. The van der Waals surface area contributed by atoms with Crippen LogP contribution in [0.5, 0.6) is 0 Å². The molecule has 0 fully saturated rings. The van der Waals surface area contributed by atoms with Crippen molar-refractivity contribution in [2.45, 2.75) is 20.8 Å². The summed E-state index contributed by atoms with van der Waals surface area (Å²) in [6.45, 7) is 5.52. The van der Waals surface area contributed by atoms with Crippen LogP contribution < -0.4 is 10.6 Å². The van der Waals surface area contributed by atoms with Crippen molar-refractivity contribution in [3.8, 4) is 0 Å². The topological polar surface area (TPSA) is 71.1 Å². The summed E-state index contributed by atoms with van der Waals surface area (Å²) >= 11 is 0. The Balaban J connectivity index is 1.74. The van der Waals surface area contributed by atoms with Gasteiger partial charge in [0.1, 0.15) is 0 Å². The fraction of sp³-hybridized carbons (Fsp3) is 0.136. The van der Waals surface area contributed by atoms with Gasteiger partial charge in [0.05, 0.1) is 17.4 Å². The SMILES string of the molecule is CC(=O)c1ccc(Nc2cncc(C(=O)Nc3cc(C)cc(C)c3)c2)cc1. The van der Waals surface area contributed by atoms with Crippen molar-refractivity contribution in [1.29, 1.82) is 0 Å². The highest BCUT2D eigenvalue weighted by Gasteiger charge is 2.09. The first kappa shape index (κ1) is 18.3. The fourth-order valence-corrected chi connectivity index (χ4v) is 2.84. The van der Waals surface area contributed by atoms with Crippen molar-refractivity contribution in [3.05, 3.63) is 83.2 Å². The third-order valence-corrected chi connectivity index (χ3v) is 4.06. The summed E-state index contributed by atoms with van der Waals surface area (Å²) in [5.41, 5.74) is 5.56. The highest BCUT2D eigenvalue weighted by Crippen LogP contribution is 2.19. The summed E-state index contributed by atoms with van der Waals surface area (Å²) < 4.78 is 0. The van der Waals surface area contributed by atoms with Crippen LogP contribution >= 0.6 is 0 Å².